The van der Waals surface area contributed by atoms with E-state index < -0.39 is 0 Å². The van der Waals surface area contributed by atoms with Crippen LogP contribution in [0.5, 0.6) is 0 Å². The molecule has 2 rings (SSSR count). The number of aromatic nitrogens is 4. The molecule has 0 atom stereocenters. The van der Waals surface area contributed by atoms with Gasteiger partial charge in [-0.25, -0.2) is 0 Å². The Morgan fingerprint density at radius 3 is 2.79 bits per heavy atom. The van der Waals surface area contributed by atoms with Crippen LogP contribution in [0.4, 0.5) is 0 Å². The third-order valence-electron chi connectivity index (χ3n) is 3.11. The fourth-order valence-electron chi connectivity index (χ4n) is 2.07. The lowest BCUT2D eigenvalue weighted by Crippen LogP contribution is -2.17. The number of hydrogen-bond donors (Lipinski definition) is 1. The highest BCUT2D eigenvalue weighted by molar-refractivity contribution is 9.10. The molecule has 0 saturated heterocycles. The van der Waals surface area contributed by atoms with Crippen LogP contribution in [-0.2, 0) is 19.6 Å². The number of halogens is 1. The highest BCUT2D eigenvalue weighted by Gasteiger charge is 2.14. The van der Waals surface area contributed by atoms with Crippen molar-refractivity contribution in [3.05, 3.63) is 33.8 Å². The van der Waals surface area contributed by atoms with Crippen molar-refractivity contribution in [1.29, 1.82) is 0 Å². The number of rotatable bonds is 6. The second kappa shape index (κ2) is 6.34. The fourth-order valence-corrected chi connectivity index (χ4v) is 2.48. The summed E-state index contributed by atoms with van der Waals surface area (Å²) >= 11 is 3.62. The van der Waals surface area contributed by atoms with Crippen LogP contribution in [0.25, 0.3) is 0 Å². The molecule has 0 fully saturated rings. The van der Waals surface area contributed by atoms with Gasteiger partial charge in [0.2, 0.25) is 0 Å². The van der Waals surface area contributed by atoms with Gasteiger partial charge in [0.15, 0.2) is 0 Å². The molecule has 0 aliphatic heterocycles. The van der Waals surface area contributed by atoms with Crippen molar-refractivity contribution >= 4 is 15.9 Å². The SMILES string of the molecule is CCNCc1ccnn1Cc1c(Br)c(C)nn1CC. The molecule has 2 aromatic rings. The fraction of sp³-hybridized carbons (Fsp3) is 0.538. The molecule has 0 bridgehead atoms. The monoisotopic (exact) mass is 325 g/mol. The highest BCUT2D eigenvalue weighted by Crippen LogP contribution is 2.22. The molecule has 0 aliphatic carbocycles. The maximum Gasteiger partial charge on any atom is 0.0843 e. The van der Waals surface area contributed by atoms with Crippen molar-refractivity contribution in [2.24, 2.45) is 0 Å². The number of nitrogens with one attached hydrogen (secondary N) is 1. The first-order chi connectivity index (χ1) is 9.17. The third kappa shape index (κ3) is 3.06. The van der Waals surface area contributed by atoms with Crippen LogP contribution in [0.15, 0.2) is 16.7 Å². The Labute approximate surface area is 122 Å². The molecule has 0 radical (unpaired) electrons. The van der Waals surface area contributed by atoms with Gasteiger partial charge in [-0.2, -0.15) is 10.2 Å². The molecule has 19 heavy (non-hydrogen) atoms. The first-order valence-corrected chi connectivity index (χ1v) is 7.39. The van der Waals surface area contributed by atoms with E-state index in [1.807, 2.05) is 22.5 Å². The summed E-state index contributed by atoms with van der Waals surface area (Å²) in [6, 6.07) is 2.05. The Morgan fingerprint density at radius 2 is 2.11 bits per heavy atom. The van der Waals surface area contributed by atoms with Gasteiger partial charge >= 0.3 is 0 Å². The van der Waals surface area contributed by atoms with Gasteiger partial charge in [-0.3, -0.25) is 9.36 Å². The second-order valence-corrected chi connectivity index (χ2v) is 5.22. The van der Waals surface area contributed by atoms with E-state index in [1.54, 1.807) is 0 Å². The summed E-state index contributed by atoms with van der Waals surface area (Å²) in [4.78, 5) is 0. The zero-order valence-electron chi connectivity index (χ0n) is 11.6. The summed E-state index contributed by atoms with van der Waals surface area (Å²) in [6.07, 6.45) is 1.85. The van der Waals surface area contributed by atoms with E-state index >= 15 is 0 Å². The Kier molecular flexibility index (Phi) is 4.76. The van der Waals surface area contributed by atoms with Crippen LogP contribution >= 0.6 is 15.9 Å². The third-order valence-corrected chi connectivity index (χ3v) is 4.14. The molecule has 2 aromatic heterocycles. The summed E-state index contributed by atoms with van der Waals surface area (Å²) in [5, 5.41) is 12.2. The van der Waals surface area contributed by atoms with Gasteiger partial charge in [0, 0.05) is 19.3 Å². The van der Waals surface area contributed by atoms with Crippen molar-refractivity contribution in [3.8, 4) is 0 Å². The van der Waals surface area contributed by atoms with E-state index in [4.69, 9.17) is 0 Å². The van der Waals surface area contributed by atoms with Gasteiger partial charge in [-0.05, 0) is 42.4 Å². The second-order valence-electron chi connectivity index (χ2n) is 4.42. The predicted molar refractivity (Wildman–Crippen MR) is 79.0 cm³/mol. The van der Waals surface area contributed by atoms with E-state index in [1.165, 1.54) is 11.4 Å². The maximum absolute atomic E-state index is 4.51. The molecule has 0 aliphatic rings. The van der Waals surface area contributed by atoms with Crippen LogP contribution in [-0.4, -0.2) is 26.1 Å². The van der Waals surface area contributed by atoms with E-state index in [9.17, 15) is 0 Å². The summed E-state index contributed by atoms with van der Waals surface area (Å²) in [5.74, 6) is 0. The minimum Gasteiger partial charge on any atom is -0.311 e. The van der Waals surface area contributed by atoms with E-state index in [0.717, 1.165) is 36.3 Å². The van der Waals surface area contributed by atoms with Crippen LogP contribution in [0, 0.1) is 6.92 Å². The zero-order chi connectivity index (χ0) is 13.8. The first kappa shape index (κ1) is 14.3. The largest absolute Gasteiger partial charge is 0.311 e. The van der Waals surface area contributed by atoms with E-state index in [2.05, 4.69) is 51.4 Å². The van der Waals surface area contributed by atoms with Gasteiger partial charge in [-0.15, -0.1) is 0 Å². The molecule has 0 unspecified atom stereocenters. The smallest absolute Gasteiger partial charge is 0.0843 e. The van der Waals surface area contributed by atoms with Gasteiger partial charge in [0.1, 0.15) is 0 Å². The van der Waals surface area contributed by atoms with Crippen molar-refractivity contribution < 1.29 is 0 Å². The minimum atomic E-state index is 0.739. The van der Waals surface area contributed by atoms with Crippen molar-refractivity contribution in [2.45, 2.75) is 40.4 Å². The molecule has 1 N–H and O–H groups in total. The van der Waals surface area contributed by atoms with Crippen LogP contribution in [0.3, 0.4) is 0 Å². The lowest BCUT2D eigenvalue weighted by molar-refractivity contribution is 0.550. The molecule has 0 aromatic carbocycles. The Morgan fingerprint density at radius 1 is 1.32 bits per heavy atom. The standard InChI is InChI=1S/C13H20BrN5/c1-4-15-8-11-6-7-16-19(11)9-12-13(14)10(3)17-18(12)5-2/h6-7,15H,4-5,8-9H2,1-3H3. The average molecular weight is 326 g/mol. The molecule has 6 heteroatoms. The number of aryl methyl sites for hydroxylation is 2. The van der Waals surface area contributed by atoms with Gasteiger partial charge in [0.05, 0.1) is 28.1 Å². The molecule has 5 nitrogen and oxygen atoms in total. The quantitative estimate of drug-likeness (QED) is 0.886. The lowest BCUT2D eigenvalue weighted by atomic mass is 10.3. The van der Waals surface area contributed by atoms with Crippen LogP contribution in [0.1, 0.15) is 30.9 Å². The van der Waals surface area contributed by atoms with Crippen molar-refractivity contribution in [3.63, 3.8) is 0 Å². The number of hydrogen-bond acceptors (Lipinski definition) is 3. The van der Waals surface area contributed by atoms with E-state index in [0.29, 0.717) is 0 Å². The summed E-state index contributed by atoms with van der Waals surface area (Å²) in [7, 11) is 0. The molecule has 104 valence electrons. The molecular formula is C13H20BrN5. The lowest BCUT2D eigenvalue weighted by Gasteiger charge is -2.10. The van der Waals surface area contributed by atoms with Crippen molar-refractivity contribution in [2.75, 3.05) is 6.54 Å². The van der Waals surface area contributed by atoms with Crippen LogP contribution < -0.4 is 5.32 Å². The molecular weight excluding hydrogens is 306 g/mol. The summed E-state index contributed by atoms with van der Waals surface area (Å²) in [6.45, 7) is 9.63. The Hall–Kier alpha value is -1.14. The number of nitrogens with zero attached hydrogens (tertiary/aromatic N) is 4. The van der Waals surface area contributed by atoms with E-state index in [-0.39, 0.29) is 0 Å². The minimum absolute atomic E-state index is 0.739. The average Bonchev–Trinajstić information content (AvgIpc) is 2.96. The predicted octanol–water partition coefficient (Wildman–Crippen LogP) is 2.33. The normalized spacial score (nSPS) is 11.2. The Balaban J connectivity index is 2.24. The maximum atomic E-state index is 4.51. The van der Waals surface area contributed by atoms with Gasteiger partial charge in [-0.1, -0.05) is 6.92 Å². The Bertz CT molecular complexity index is 543. The topological polar surface area (TPSA) is 47.7 Å². The highest BCUT2D eigenvalue weighted by atomic mass is 79.9. The first-order valence-electron chi connectivity index (χ1n) is 6.60. The summed E-state index contributed by atoms with van der Waals surface area (Å²) in [5.41, 5.74) is 3.38. The zero-order valence-corrected chi connectivity index (χ0v) is 13.2. The molecule has 0 saturated carbocycles. The van der Waals surface area contributed by atoms with Crippen LogP contribution in [0.2, 0.25) is 0 Å². The molecule has 0 spiro atoms. The van der Waals surface area contributed by atoms with Gasteiger partial charge < -0.3 is 5.32 Å². The van der Waals surface area contributed by atoms with Gasteiger partial charge in [0.25, 0.3) is 0 Å². The summed E-state index contributed by atoms with van der Waals surface area (Å²) < 4.78 is 5.13. The van der Waals surface area contributed by atoms with Crippen molar-refractivity contribution in [1.82, 2.24) is 24.9 Å². The molecule has 0 amide bonds. The molecule has 2 heterocycles.